The molecule has 1 amide bonds. The van der Waals surface area contributed by atoms with Gasteiger partial charge in [-0.05, 0) is 59.0 Å². The Kier molecular flexibility index (Phi) is 4.65. The van der Waals surface area contributed by atoms with Crippen LogP contribution >= 0.6 is 45.8 Å². The molecule has 0 unspecified atom stereocenters. The van der Waals surface area contributed by atoms with Gasteiger partial charge in [0.05, 0.1) is 10.7 Å². The number of amides is 1. The first-order valence-electron chi connectivity index (χ1n) is 5.19. The van der Waals surface area contributed by atoms with Crippen LogP contribution in [0.5, 0.6) is 0 Å². The van der Waals surface area contributed by atoms with Crippen molar-refractivity contribution in [2.45, 2.75) is 0 Å². The summed E-state index contributed by atoms with van der Waals surface area (Å²) in [6.07, 6.45) is 0. The van der Waals surface area contributed by atoms with Crippen molar-refractivity contribution in [3.8, 4) is 0 Å². The fraction of sp³-hybridized carbons (Fsp3) is 0. The molecule has 2 rings (SSSR count). The normalized spacial score (nSPS) is 10.3. The van der Waals surface area contributed by atoms with Gasteiger partial charge in [0.1, 0.15) is 5.82 Å². The number of hydrogen-bond donors (Lipinski definition) is 1. The van der Waals surface area contributed by atoms with E-state index in [0.717, 1.165) is 9.64 Å². The second-order valence-corrected chi connectivity index (χ2v) is 5.71. The molecule has 0 aliphatic carbocycles. The van der Waals surface area contributed by atoms with Crippen molar-refractivity contribution in [3.63, 3.8) is 0 Å². The topological polar surface area (TPSA) is 29.1 Å². The SMILES string of the molecule is O=C(Nc1ccc(Cl)cc1I)c1ccc(Cl)c(F)c1. The van der Waals surface area contributed by atoms with Crippen LogP contribution in [-0.4, -0.2) is 5.91 Å². The Morgan fingerprint density at radius 1 is 1.16 bits per heavy atom. The molecule has 0 bridgehead atoms. The summed E-state index contributed by atoms with van der Waals surface area (Å²) in [6.45, 7) is 0. The van der Waals surface area contributed by atoms with Gasteiger partial charge >= 0.3 is 0 Å². The first-order chi connectivity index (χ1) is 8.97. The lowest BCUT2D eigenvalue weighted by Crippen LogP contribution is -2.13. The molecule has 0 saturated carbocycles. The van der Waals surface area contributed by atoms with Crippen molar-refractivity contribution < 1.29 is 9.18 Å². The van der Waals surface area contributed by atoms with Gasteiger partial charge in [0.15, 0.2) is 0 Å². The van der Waals surface area contributed by atoms with Gasteiger partial charge < -0.3 is 5.32 Å². The molecule has 1 N–H and O–H groups in total. The second kappa shape index (κ2) is 6.07. The predicted molar refractivity (Wildman–Crippen MR) is 83.5 cm³/mol. The molecule has 19 heavy (non-hydrogen) atoms. The summed E-state index contributed by atoms with van der Waals surface area (Å²) >= 11 is 13.4. The van der Waals surface area contributed by atoms with Crippen molar-refractivity contribution in [3.05, 3.63) is 61.4 Å². The van der Waals surface area contributed by atoms with Gasteiger partial charge in [-0.3, -0.25) is 4.79 Å². The zero-order chi connectivity index (χ0) is 14.0. The quantitative estimate of drug-likeness (QED) is 0.695. The van der Waals surface area contributed by atoms with E-state index in [9.17, 15) is 9.18 Å². The number of benzene rings is 2. The highest BCUT2D eigenvalue weighted by atomic mass is 127. The van der Waals surface area contributed by atoms with E-state index in [-0.39, 0.29) is 10.6 Å². The molecular formula is C13H7Cl2FINO. The van der Waals surface area contributed by atoms with Gasteiger partial charge in [0.2, 0.25) is 0 Å². The van der Waals surface area contributed by atoms with Crippen LogP contribution in [0.15, 0.2) is 36.4 Å². The van der Waals surface area contributed by atoms with Gasteiger partial charge in [0.25, 0.3) is 5.91 Å². The van der Waals surface area contributed by atoms with Crippen molar-refractivity contribution in [2.75, 3.05) is 5.32 Å². The molecule has 6 heteroatoms. The summed E-state index contributed by atoms with van der Waals surface area (Å²) in [5.74, 6) is -1.03. The summed E-state index contributed by atoms with van der Waals surface area (Å²) in [7, 11) is 0. The van der Waals surface area contributed by atoms with Gasteiger partial charge in [-0.1, -0.05) is 23.2 Å². The third-order valence-corrected chi connectivity index (χ3v) is 3.80. The lowest BCUT2D eigenvalue weighted by molar-refractivity contribution is 0.102. The van der Waals surface area contributed by atoms with Crippen molar-refractivity contribution in [1.82, 2.24) is 0 Å². The van der Waals surface area contributed by atoms with Crippen LogP contribution < -0.4 is 5.32 Å². The van der Waals surface area contributed by atoms with E-state index in [2.05, 4.69) is 27.9 Å². The number of halogens is 4. The smallest absolute Gasteiger partial charge is 0.255 e. The molecule has 0 saturated heterocycles. The molecule has 2 aromatic carbocycles. The Hall–Kier alpha value is -0.850. The minimum atomic E-state index is -0.625. The Labute approximate surface area is 133 Å². The van der Waals surface area contributed by atoms with Crippen LogP contribution in [0.1, 0.15) is 10.4 Å². The Balaban J connectivity index is 2.23. The summed E-state index contributed by atoms with van der Waals surface area (Å²) in [6, 6.07) is 8.98. The Bertz CT molecular complexity index is 649. The second-order valence-electron chi connectivity index (χ2n) is 3.71. The highest BCUT2D eigenvalue weighted by molar-refractivity contribution is 14.1. The van der Waals surface area contributed by atoms with E-state index in [1.54, 1.807) is 18.2 Å². The van der Waals surface area contributed by atoms with E-state index in [0.29, 0.717) is 10.7 Å². The Morgan fingerprint density at radius 2 is 1.89 bits per heavy atom. The molecule has 0 spiro atoms. The summed E-state index contributed by atoms with van der Waals surface area (Å²) in [5, 5.41) is 3.25. The van der Waals surface area contributed by atoms with E-state index >= 15 is 0 Å². The first-order valence-corrected chi connectivity index (χ1v) is 7.02. The minimum Gasteiger partial charge on any atom is -0.321 e. The van der Waals surface area contributed by atoms with Gasteiger partial charge in [0, 0.05) is 14.2 Å². The van der Waals surface area contributed by atoms with E-state index < -0.39 is 11.7 Å². The maximum absolute atomic E-state index is 13.3. The number of hydrogen-bond acceptors (Lipinski definition) is 1. The number of carbonyl (C=O) groups is 1. The molecule has 2 aromatic rings. The van der Waals surface area contributed by atoms with E-state index in [1.165, 1.54) is 12.1 Å². The predicted octanol–water partition coefficient (Wildman–Crippen LogP) is 4.99. The lowest BCUT2D eigenvalue weighted by Gasteiger charge is -2.08. The van der Waals surface area contributed by atoms with E-state index in [4.69, 9.17) is 23.2 Å². The molecule has 98 valence electrons. The van der Waals surface area contributed by atoms with Crippen molar-refractivity contribution in [1.29, 1.82) is 0 Å². The number of nitrogens with one attached hydrogen (secondary N) is 1. The summed E-state index contributed by atoms with van der Waals surface area (Å²) in [4.78, 5) is 12.0. The molecule has 0 atom stereocenters. The monoisotopic (exact) mass is 409 g/mol. The van der Waals surface area contributed by atoms with Gasteiger partial charge in [-0.15, -0.1) is 0 Å². The average molecular weight is 410 g/mol. The fourth-order valence-electron chi connectivity index (χ4n) is 1.42. The van der Waals surface area contributed by atoms with Crippen LogP contribution in [0, 0.1) is 9.39 Å². The number of rotatable bonds is 2. The summed E-state index contributed by atoms with van der Waals surface area (Å²) < 4.78 is 14.1. The molecule has 0 fully saturated rings. The third-order valence-electron chi connectivity index (χ3n) is 2.36. The lowest BCUT2D eigenvalue weighted by atomic mass is 10.2. The van der Waals surface area contributed by atoms with Crippen molar-refractivity contribution >= 4 is 57.4 Å². The van der Waals surface area contributed by atoms with Crippen LogP contribution in [-0.2, 0) is 0 Å². The van der Waals surface area contributed by atoms with E-state index in [1.807, 2.05) is 0 Å². The maximum Gasteiger partial charge on any atom is 0.255 e. The molecule has 0 aliphatic rings. The largest absolute Gasteiger partial charge is 0.321 e. The van der Waals surface area contributed by atoms with Gasteiger partial charge in [-0.25, -0.2) is 4.39 Å². The number of anilines is 1. The molecule has 0 aromatic heterocycles. The summed E-state index contributed by atoms with van der Waals surface area (Å²) in [5.41, 5.74) is 0.818. The minimum absolute atomic E-state index is 0.0161. The number of carbonyl (C=O) groups excluding carboxylic acids is 1. The fourth-order valence-corrected chi connectivity index (χ4v) is 2.55. The zero-order valence-corrected chi connectivity index (χ0v) is 13.1. The molecule has 0 heterocycles. The average Bonchev–Trinajstić information content (AvgIpc) is 2.36. The maximum atomic E-state index is 13.3. The zero-order valence-electron chi connectivity index (χ0n) is 9.38. The molecule has 0 radical (unpaired) electrons. The third kappa shape index (κ3) is 3.58. The standard InChI is InChI=1S/C13H7Cl2FINO/c14-8-2-4-12(11(17)6-8)18-13(19)7-1-3-9(15)10(16)5-7/h1-6H,(H,18,19). The molecule has 0 aliphatic heterocycles. The van der Waals surface area contributed by atoms with Crippen LogP contribution in [0.2, 0.25) is 10.0 Å². The van der Waals surface area contributed by atoms with Crippen molar-refractivity contribution in [2.24, 2.45) is 0 Å². The molecule has 2 nitrogen and oxygen atoms in total. The highest BCUT2D eigenvalue weighted by Gasteiger charge is 2.10. The van der Waals surface area contributed by atoms with Gasteiger partial charge in [-0.2, -0.15) is 0 Å². The Morgan fingerprint density at radius 3 is 2.53 bits per heavy atom. The molecular weight excluding hydrogens is 403 g/mol. The van der Waals surface area contributed by atoms with Crippen LogP contribution in [0.3, 0.4) is 0 Å². The first kappa shape index (κ1) is 14.6. The van der Waals surface area contributed by atoms with Crippen LogP contribution in [0.25, 0.3) is 0 Å². The highest BCUT2D eigenvalue weighted by Crippen LogP contribution is 2.23. The van der Waals surface area contributed by atoms with Crippen LogP contribution in [0.4, 0.5) is 10.1 Å².